The second-order valence-corrected chi connectivity index (χ2v) is 4.61. The molecule has 0 aliphatic rings. The Morgan fingerprint density at radius 1 is 1.33 bits per heavy atom. The Labute approximate surface area is 122 Å². The molecule has 0 unspecified atom stereocenters. The summed E-state index contributed by atoms with van der Waals surface area (Å²) in [6.07, 6.45) is 3.10. The van der Waals surface area contributed by atoms with Crippen LogP contribution in [0, 0.1) is 10.1 Å². The van der Waals surface area contributed by atoms with Crippen molar-refractivity contribution in [2.24, 2.45) is 0 Å². The molecule has 0 spiro atoms. The van der Waals surface area contributed by atoms with Crippen molar-refractivity contribution in [3.63, 3.8) is 0 Å². The van der Waals surface area contributed by atoms with Crippen LogP contribution in [0.4, 0.5) is 11.4 Å². The molecule has 6 heteroatoms. The first-order valence-corrected chi connectivity index (χ1v) is 6.46. The molecule has 0 atom stereocenters. The van der Waals surface area contributed by atoms with Gasteiger partial charge in [0.15, 0.2) is 6.29 Å². The summed E-state index contributed by atoms with van der Waals surface area (Å²) in [5, 5.41) is 10.7. The largest absolute Gasteiger partial charge is 0.374 e. The maximum atomic E-state index is 11.1. The van der Waals surface area contributed by atoms with Crippen molar-refractivity contribution in [1.82, 2.24) is 4.98 Å². The first-order valence-electron chi connectivity index (χ1n) is 6.46. The molecule has 0 saturated carbocycles. The van der Waals surface area contributed by atoms with Gasteiger partial charge in [-0.2, -0.15) is 0 Å². The molecule has 0 aliphatic carbocycles. The van der Waals surface area contributed by atoms with Crippen LogP contribution in [0.2, 0.25) is 0 Å². The molecule has 0 N–H and O–H groups in total. The molecule has 0 bridgehead atoms. The van der Waals surface area contributed by atoms with Crippen LogP contribution in [0.1, 0.15) is 16.1 Å². The number of non-ortho nitro benzene ring substituents is 1. The number of carbonyl (C=O) groups is 1. The molecule has 0 radical (unpaired) electrons. The highest BCUT2D eigenvalue weighted by Crippen LogP contribution is 2.23. The zero-order valence-corrected chi connectivity index (χ0v) is 11.6. The molecule has 0 aliphatic heterocycles. The number of aldehydes is 1. The van der Waals surface area contributed by atoms with E-state index >= 15 is 0 Å². The van der Waals surface area contributed by atoms with Gasteiger partial charge in [-0.25, -0.2) is 0 Å². The summed E-state index contributed by atoms with van der Waals surface area (Å²) < 4.78 is 0. The Morgan fingerprint density at radius 2 is 2.14 bits per heavy atom. The third-order valence-electron chi connectivity index (χ3n) is 3.19. The van der Waals surface area contributed by atoms with Crippen LogP contribution < -0.4 is 4.90 Å². The molecule has 2 rings (SSSR count). The quantitative estimate of drug-likeness (QED) is 0.463. The molecular weight excluding hydrogens is 270 g/mol. The topological polar surface area (TPSA) is 76.3 Å². The van der Waals surface area contributed by atoms with E-state index in [9.17, 15) is 14.9 Å². The van der Waals surface area contributed by atoms with Crippen molar-refractivity contribution in [3.05, 3.63) is 64.0 Å². The molecule has 1 aromatic heterocycles. The van der Waals surface area contributed by atoms with E-state index in [1.165, 1.54) is 12.1 Å². The highest BCUT2D eigenvalue weighted by Gasteiger charge is 2.13. The monoisotopic (exact) mass is 285 g/mol. The lowest BCUT2D eigenvalue weighted by atomic mass is 10.1. The number of anilines is 1. The van der Waals surface area contributed by atoms with Crippen molar-refractivity contribution < 1.29 is 9.72 Å². The highest BCUT2D eigenvalue weighted by atomic mass is 16.6. The van der Waals surface area contributed by atoms with Gasteiger partial charge in [-0.05, 0) is 18.2 Å². The molecule has 0 amide bonds. The highest BCUT2D eigenvalue weighted by molar-refractivity contribution is 5.85. The molecule has 2 aromatic rings. The number of rotatable bonds is 6. The van der Waals surface area contributed by atoms with E-state index in [1.54, 1.807) is 12.3 Å². The van der Waals surface area contributed by atoms with Crippen LogP contribution in [0.15, 0.2) is 42.6 Å². The number of hydrogen-bond donors (Lipinski definition) is 0. The summed E-state index contributed by atoms with van der Waals surface area (Å²) in [5.41, 5.74) is 1.86. The van der Waals surface area contributed by atoms with E-state index in [2.05, 4.69) is 4.98 Å². The minimum atomic E-state index is -0.509. The van der Waals surface area contributed by atoms with Gasteiger partial charge in [0.25, 0.3) is 5.69 Å². The van der Waals surface area contributed by atoms with Crippen LogP contribution in [-0.2, 0) is 6.42 Å². The van der Waals surface area contributed by atoms with Gasteiger partial charge in [-0.1, -0.05) is 6.07 Å². The van der Waals surface area contributed by atoms with Crippen LogP contribution >= 0.6 is 0 Å². The van der Waals surface area contributed by atoms with Gasteiger partial charge in [0.2, 0.25) is 0 Å². The summed E-state index contributed by atoms with van der Waals surface area (Å²) in [6, 6.07) is 10.0. The SMILES string of the molecule is CN(CCc1ccccn1)c1ccc([N+](=O)[O-])cc1C=O. The maximum absolute atomic E-state index is 11.1. The minimum absolute atomic E-state index is 0.0843. The fourth-order valence-corrected chi connectivity index (χ4v) is 2.05. The van der Waals surface area contributed by atoms with Gasteiger partial charge in [0.1, 0.15) is 0 Å². The third-order valence-corrected chi connectivity index (χ3v) is 3.19. The van der Waals surface area contributed by atoms with E-state index in [4.69, 9.17) is 0 Å². The smallest absolute Gasteiger partial charge is 0.270 e. The predicted molar refractivity (Wildman–Crippen MR) is 79.7 cm³/mol. The minimum Gasteiger partial charge on any atom is -0.374 e. The van der Waals surface area contributed by atoms with Crippen molar-refractivity contribution in [3.8, 4) is 0 Å². The van der Waals surface area contributed by atoms with Gasteiger partial charge >= 0.3 is 0 Å². The Morgan fingerprint density at radius 3 is 2.76 bits per heavy atom. The number of aromatic nitrogens is 1. The molecule has 21 heavy (non-hydrogen) atoms. The number of nitro groups is 1. The molecule has 1 heterocycles. The molecule has 1 aromatic carbocycles. The van der Waals surface area contributed by atoms with E-state index in [0.29, 0.717) is 24.1 Å². The first-order chi connectivity index (χ1) is 10.1. The van der Waals surface area contributed by atoms with E-state index < -0.39 is 4.92 Å². The maximum Gasteiger partial charge on any atom is 0.270 e. The number of pyridine rings is 1. The van der Waals surface area contributed by atoms with Crippen LogP contribution in [-0.4, -0.2) is 29.8 Å². The fraction of sp³-hybridized carbons (Fsp3) is 0.200. The number of carbonyl (C=O) groups excluding carboxylic acids is 1. The van der Waals surface area contributed by atoms with Gasteiger partial charge in [-0.15, -0.1) is 0 Å². The standard InChI is InChI=1S/C15H15N3O3/c1-17(9-7-13-4-2-3-8-16-13)15-6-5-14(18(20)21)10-12(15)11-19/h2-6,8,10-11H,7,9H2,1H3. The lowest BCUT2D eigenvalue weighted by molar-refractivity contribution is -0.384. The third kappa shape index (κ3) is 3.62. The summed E-state index contributed by atoms with van der Waals surface area (Å²) in [5.74, 6) is 0. The Balaban J connectivity index is 2.13. The molecular formula is C15H15N3O3. The normalized spacial score (nSPS) is 10.1. The molecule has 0 saturated heterocycles. The van der Waals surface area contributed by atoms with E-state index in [-0.39, 0.29) is 5.69 Å². The zero-order valence-electron chi connectivity index (χ0n) is 11.6. The van der Waals surface area contributed by atoms with Crippen LogP contribution in [0.3, 0.4) is 0 Å². The van der Waals surface area contributed by atoms with Crippen LogP contribution in [0.25, 0.3) is 0 Å². The summed E-state index contributed by atoms with van der Waals surface area (Å²) in [6.45, 7) is 0.662. The lowest BCUT2D eigenvalue weighted by Gasteiger charge is -2.20. The van der Waals surface area contributed by atoms with Crippen LogP contribution in [0.5, 0.6) is 0 Å². The Kier molecular flexibility index (Phi) is 4.61. The molecule has 0 fully saturated rings. The summed E-state index contributed by atoms with van der Waals surface area (Å²) in [7, 11) is 1.84. The van der Waals surface area contributed by atoms with Crippen molar-refractivity contribution >= 4 is 17.7 Å². The van der Waals surface area contributed by atoms with Gasteiger partial charge in [-0.3, -0.25) is 19.9 Å². The number of benzene rings is 1. The zero-order chi connectivity index (χ0) is 15.2. The summed E-state index contributed by atoms with van der Waals surface area (Å²) >= 11 is 0. The average molecular weight is 285 g/mol. The van der Waals surface area contributed by atoms with E-state index in [1.807, 2.05) is 30.1 Å². The molecule has 6 nitrogen and oxygen atoms in total. The lowest BCUT2D eigenvalue weighted by Crippen LogP contribution is -2.22. The number of nitro benzene ring substituents is 1. The fourth-order valence-electron chi connectivity index (χ4n) is 2.05. The average Bonchev–Trinajstić information content (AvgIpc) is 2.52. The van der Waals surface area contributed by atoms with Gasteiger partial charge in [0.05, 0.1) is 4.92 Å². The number of hydrogen-bond acceptors (Lipinski definition) is 5. The van der Waals surface area contributed by atoms with E-state index in [0.717, 1.165) is 12.1 Å². The number of nitrogens with zero attached hydrogens (tertiary/aromatic N) is 3. The van der Waals surface area contributed by atoms with Crippen molar-refractivity contribution in [1.29, 1.82) is 0 Å². The second-order valence-electron chi connectivity index (χ2n) is 4.61. The van der Waals surface area contributed by atoms with Gasteiger partial charge in [0, 0.05) is 55.3 Å². The van der Waals surface area contributed by atoms with Crippen molar-refractivity contribution in [2.45, 2.75) is 6.42 Å². The number of likely N-dealkylation sites (N-methyl/N-ethyl adjacent to an activating group) is 1. The first kappa shape index (κ1) is 14.6. The Hall–Kier alpha value is -2.76. The second kappa shape index (κ2) is 6.60. The summed E-state index contributed by atoms with van der Waals surface area (Å²) in [4.78, 5) is 27.5. The van der Waals surface area contributed by atoms with Gasteiger partial charge < -0.3 is 4.90 Å². The van der Waals surface area contributed by atoms with Crippen molar-refractivity contribution in [2.75, 3.05) is 18.5 Å². The molecule has 108 valence electrons. The predicted octanol–water partition coefficient (Wildman–Crippen LogP) is 2.48. The Bertz CT molecular complexity index is 644.